The summed E-state index contributed by atoms with van der Waals surface area (Å²) in [5.74, 6) is 1.36. The van der Waals surface area contributed by atoms with Crippen LogP contribution in [0.25, 0.3) is 0 Å². The molecule has 2 aliphatic heterocycles. The van der Waals surface area contributed by atoms with E-state index in [4.69, 9.17) is 22.1 Å². The lowest BCUT2D eigenvalue weighted by molar-refractivity contribution is 0.301. The molecule has 1 aromatic carbocycles. The van der Waals surface area contributed by atoms with E-state index < -0.39 is 0 Å². The number of benzene rings is 1. The predicted molar refractivity (Wildman–Crippen MR) is 113 cm³/mol. The first-order valence-electron chi connectivity index (χ1n) is 9.27. The average molecular weight is 399 g/mol. The van der Waals surface area contributed by atoms with Crippen molar-refractivity contribution in [1.82, 2.24) is 15.3 Å². The molecule has 7 nitrogen and oxygen atoms in total. The molecule has 0 saturated carbocycles. The number of para-hydroxylation sites is 2. The summed E-state index contributed by atoms with van der Waals surface area (Å²) < 4.78 is 5.62. The van der Waals surface area contributed by atoms with Crippen LogP contribution in [0.2, 0.25) is 5.02 Å². The second kappa shape index (κ2) is 7.98. The Balaban J connectivity index is 1.38. The van der Waals surface area contributed by atoms with Crippen molar-refractivity contribution in [2.75, 3.05) is 43.4 Å². The highest BCUT2D eigenvalue weighted by molar-refractivity contribution is 6.32. The summed E-state index contributed by atoms with van der Waals surface area (Å²) in [6, 6.07) is 9.68. The number of anilines is 2. The fraction of sp³-hybridized carbons (Fsp3) is 0.300. The van der Waals surface area contributed by atoms with Crippen LogP contribution in [0.1, 0.15) is 12.1 Å². The molecule has 0 spiro atoms. The molecule has 2 aliphatic rings. The number of hydrazone groups is 1. The average Bonchev–Trinajstić information content (AvgIpc) is 2.73. The van der Waals surface area contributed by atoms with Crippen molar-refractivity contribution in [3.05, 3.63) is 59.6 Å². The third-order valence-corrected chi connectivity index (χ3v) is 5.27. The van der Waals surface area contributed by atoms with Gasteiger partial charge in [0.2, 0.25) is 0 Å². The van der Waals surface area contributed by atoms with Gasteiger partial charge in [0.25, 0.3) is 0 Å². The minimum Gasteiger partial charge on any atom is -0.489 e. The zero-order valence-corrected chi connectivity index (χ0v) is 16.3. The third kappa shape index (κ3) is 3.71. The normalized spacial score (nSPS) is 17.8. The Bertz CT molecular complexity index is 907. The smallest absolute Gasteiger partial charge is 0.165 e. The molecule has 0 atom stereocenters. The molecule has 0 unspecified atom stereocenters. The van der Waals surface area contributed by atoms with Gasteiger partial charge in [0.05, 0.1) is 28.7 Å². The van der Waals surface area contributed by atoms with E-state index in [0.29, 0.717) is 29.5 Å². The highest BCUT2D eigenvalue weighted by Crippen LogP contribution is 2.31. The van der Waals surface area contributed by atoms with Gasteiger partial charge in [-0.25, -0.2) is 0 Å². The molecule has 0 radical (unpaired) electrons. The number of halogens is 1. The highest BCUT2D eigenvalue weighted by Gasteiger charge is 2.22. The fourth-order valence-corrected chi connectivity index (χ4v) is 3.64. The number of nitrogens with one attached hydrogen (secondary N) is 1. The summed E-state index contributed by atoms with van der Waals surface area (Å²) in [4.78, 5) is 8.84. The molecular formula is C20H23ClN6O. The maximum Gasteiger partial charge on any atom is 0.165 e. The number of pyridine rings is 1. The molecule has 1 aromatic heterocycles. The van der Waals surface area contributed by atoms with Crippen LogP contribution in [0, 0.1) is 0 Å². The molecule has 4 rings (SSSR count). The molecule has 0 aliphatic carbocycles. The van der Waals surface area contributed by atoms with Crippen LogP contribution in [-0.2, 0) is 0 Å². The fourth-order valence-electron chi connectivity index (χ4n) is 3.44. The van der Waals surface area contributed by atoms with Gasteiger partial charge in [0, 0.05) is 38.8 Å². The zero-order valence-electron chi connectivity index (χ0n) is 15.6. The van der Waals surface area contributed by atoms with Gasteiger partial charge < -0.3 is 20.3 Å². The Labute approximate surface area is 169 Å². The topological polar surface area (TPSA) is 79.0 Å². The molecule has 0 amide bonds. The predicted octanol–water partition coefficient (Wildman–Crippen LogP) is 2.69. The van der Waals surface area contributed by atoms with E-state index in [1.807, 2.05) is 18.2 Å². The number of hydrogen-bond acceptors (Lipinski definition) is 7. The molecule has 1 fully saturated rings. The van der Waals surface area contributed by atoms with Crippen LogP contribution in [0.15, 0.2) is 54.0 Å². The van der Waals surface area contributed by atoms with Crippen molar-refractivity contribution < 1.29 is 4.74 Å². The first kappa shape index (κ1) is 18.4. The number of nitrogens with two attached hydrogens (primary N) is 1. The lowest BCUT2D eigenvalue weighted by Gasteiger charge is -2.38. The lowest BCUT2D eigenvalue weighted by Crippen LogP contribution is -2.47. The summed E-state index contributed by atoms with van der Waals surface area (Å²) in [6.45, 7) is 8.10. The Kier molecular flexibility index (Phi) is 5.25. The van der Waals surface area contributed by atoms with E-state index in [9.17, 15) is 0 Å². The number of fused-ring (bicyclic) bond motifs is 1. The molecule has 1 saturated heterocycles. The summed E-state index contributed by atoms with van der Waals surface area (Å²) in [5.41, 5.74) is 12.6. The number of nitrogens with zero attached hydrogens (tertiary/aromatic N) is 4. The summed E-state index contributed by atoms with van der Waals surface area (Å²) in [6.07, 6.45) is 2.33. The monoisotopic (exact) mass is 398 g/mol. The van der Waals surface area contributed by atoms with Crippen LogP contribution in [-0.4, -0.2) is 48.4 Å². The lowest BCUT2D eigenvalue weighted by atomic mass is 10.1. The molecule has 3 N–H and O–H groups in total. The van der Waals surface area contributed by atoms with Gasteiger partial charge in [-0.2, -0.15) is 5.10 Å². The number of nitrogen functional groups attached to an aromatic ring is 1. The van der Waals surface area contributed by atoms with Gasteiger partial charge in [-0.05, 0) is 18.2 Å². The van der Waals surface area contributed by atoms with E-state index in [0.717, 1.165) is 49.1 Å². The van der Waals surface area contributed by atoms with Crippen LogP contribution in [0.5, 0.6) is 5.75 Å². The molecule has 3 heterocycles. The highest BCUT2D eigenvalue weighted by atomic mass is 35.5. The minimum atomic E-state index is 0.530. The number of piperazine rings is 1. The zero-order chi connectivity index (χ0) is 19.5. The Morgan fingerprint density at radius 3 is 2.79 bits per heavy atom. The molecule has 146 valence electrons. The van der Waals surface area contributed by atoms with Gasteiger partial charge >= 0.3 is 0 Å². The van der Waals surface area contributed by atoms with Crippen molar-refractivity contribution in [3.8, 4) is 5.75 Å². The van der Waals surface area contributed by atoms with Gasteiger partial charge in [0.15, 0.2) is 5.75 Å². The standard InChI is InChI=1S/C20H23ClN6O/c1-14(24-25-17-7-13-28-20-15(21)6-8-23-19(17)20)26-9-11-27(12-10-26)18-5-3-2-4-16(18)22/h2-6,8,24H,1,7,9-13,22H2/b25-17-. The quantitative estimate of drug-likeness (QED) is 0.609. The Morgan fingerprint density at radius 1 is 1.21 bits per heavy atom. The van der Waals surface area contributed by atoms with E-state index >= 15 is 0 Å². The number of hydrogen-bond donors (Lipinski definition) is 2. The van der Waals surface area contributed by atoms with E-state index in [-0.39, 0.29) is 0 Å². The number of aromatic nitrogens is 1. The van der Waals surface area contributed by atoms with Gasteiger partial charge in [-0.3, -0.25) is 10.4 Å². The largest absolute Gasteiger partial charge is 0.489 e. The molecular weight excluding hydrogens is 376 g/mol. The van der Waals surface area contributed by atoms with E-state index in [1.165, 1.54) is 0 Å². The SMILES string of the molecule is C=C(N/N=C1/CCOc2c(Cl)ccnc21)N1CCN(c2ccccc2N)CC1. The van der Waals surface area contributed by atoms with Crippen molar-refractivity contribution in [2.24, 2.45) is 5.10 Å². The van der Waals surface area contributed by atoms with Crippen molar-refractivity contribution in [1.29, 1.82) is 0 Å². The number of ether oxygens (including phenoxy) is 1. The van der Waals surface area contributed by atoms with Gasteiger partial charge in [-0.15, -0.1) is 0 Å². The second-order valence-corrected chi connectivity index (χ2v) is 7.13. The van der Waals surface area contributed by atoms with Crippen LogP contribution < -0.4 is 20.8 Å². The van der Waals surface area contributed by atoms with Gasteiger partial charge in [0.1, 0.15) is 11.5 Å². The van der Waals surface area contributed by atoms with Crippen LogP contribution in [0.4, 0.5) is 11.4 Å². The Hall–Kier alpha value is -2.93. The van der Waals surface area contributed by atoms with E-state index in [1.54, 1.807) is 12.3 Å². The van der Waals surface area contributed by atoms with Crippen LogP contribution >= 0.6 is 11.6 Å². The molecule has 28 heavy (non-hydrogen) atoms. The first-order valence-corrected chi connectivity index (χ1v) is 9.65. The summed E-state index contributed by atoms with van der Waals surface area (Å²) in [5, 5.41) is 5.07. The molecule has 8 heteroatoms. The van der Waals surface area contributed by atoms with Crippen molar-refractivity contribution >= 4 is 28.7 Å². The maximum atomic E-state index is 6.19. The second-order valence-electron chi connectivity index (χ2n) is 6.72. The Morgan fingerprint density at radius 2 is 2.00 bits per heavy atom. The summed E-state index contributed by atoms with van der Waals surface area (Å²) in [7, 11) is 0. The molecule has 0 bridgehead atoms. The number of rotatable bonds is 4. The summed E-state index contributed by atoms with van der Waals surface area (Å²) >= 11 is 6.19. The van der Waals surface area contributed by atoms with Crippen molar-refractivity contribution in [3.63, 3.8) is 0 Å². The minimum absolute atomic E-state index is 0.530. The van der Waals surface area contributed by atoms with Gasteiger partial charge in [-0.1, -0.05) is 30.3 Å². The molecule has 2 aromatic rings. The maximum absolute atomic E-state index is 6.19. The van der Waals surface area contributed by atoms with Crippen LogP contribution in [0.3, 0.4) is 0 Å². The van der Waals surface area contributed by atoms with Crippen molar-refractivity contribution in [2.45, 2.75) is 6.42 Å². The van der Waals surface area contributed by atoms with E-state index in [2.05, 4.69) is 38.0 Å². The first-order chi connectivity index (χ1) is 13.6. The third-order valence-electron chi connectivity index (χ3n) is 4.97.